The van der Waals surface area contributed by atoms with Crippen LogP contribution in [0.25, 0.3) is 10.8 Å². The Hall–Kier alpha value is -0.880. The Morgan fingerprint density at radius 1 is 1.00 bits per heavy atom. The molecule has 0 aliphatic rings. The minimum atomic E-state index is -1.48. The number of hydrogen-bond donors (Lipinski definition) is 2. The molecule has 0 radical (unpaired) electrons. The molecule has 114 valence electrons. The van der Waals surface area contributed by atoms with Crippen molar-refractivity contribution in [1.29, 1.82) is 0 Å². The molecule has 0 spiro atoms. The molecular formula is C16H19BrO3S. The molecular weight excluding hydrogens is 352 g/mol. The van der Waals surface area contributed by atoms with Crippen LogP contribution >= 0.6 is 23.3 Å². The first-order valence-electron chi connectivity index (χ1n) is 6.78. The number of ketones is 1. The van der Waals surface area contributed by atoms with Crippen molar-refractivity contribution >= 4 is 39.8 Å². The van der Waals surface area contributed by atoms with Crippen LogP contribution in [0, 0.1) is 0 Å². The second kappa shape index (κ2) is 7.40. The van der Waals surface area contributed by atoms with Gasteiger partial charge in [-0.05, 0) is 31.7 Å². The molecule has 0 saturated carbocycles. The summed E-state index contributed by atoms with van der Waals surface area (Å²) >= 11 is 3.60. The molecule has 2 rings (SSSR count). The zero-order valence-corrected chi connectivity index (χ0v) is 14.1. The average Bonchev–Trinajstić information content (AvgIpc) is 2.47. The van der Waals surface area contributed by atoms with Gasteiger partial charge in [-0.3, -0.25) is 4.79 Å². The lowest BCUT2D eigenvalue weighted by Gasteiger charge is -2.31. The monoisotopic (exact) mass is 370 g/mol. The Morgan fingerprint density at radius 3 is 2.24 bits per heavy atom. The molecule has 0 atom stereocenters. The number of halogens is 1. The maximum Gasteiger partial charge on any atom is 0.172 e. The molecule has 2 aromatic carbocycles. The van der Waals surface area contributed by atoms with E-state index in [2.05, 4.69) is 14.8 Å². The van der Waals surface area contributed by atoms with Crippen LogP contribution in [0.15, 0.2) is 42.5 Å². The highest BCUT2D eigenvalue weighted by Gasteiger charge is 2.24. The maximum atomic E-state index is 12.5. The predicted molar refractivity (Wildman–Crippen MR) is 93.6 cm³/mol. The minimum Gasteiger partial charge on any atom is -0.396 e. The van der Waals surface area contributed by atoms with Crippen LogP contribution in [0.2, 0.25) is 0 Å². The number of aliphatic hydroxyl groups is 2. The first kappa shape index (κ1) is 16.5. The van der Waals surface area contributed by atoms with Crippen LogP contribution in [0.5, 0.6) is 0 Å². The molecule has 0 aliphatic carbocycles. The summed E-state index contributed by atoms with van der Waals surface area (Å²) in [5.74, 6) is 1.43. The second-order valence-electron chi connectivity index (χ2n) is 4.92. The lowest BCUT2D eigenvalue weighted by Crippen LogP contribution is -2.18. The molecule has 21 heavy (non-hydrogen) atoms. The van der Waals surface area contributed by atoms with Crippen molar-refractivity contribution in [3.63, 3.8) is 0 Å². The maximum absolute atomic E-state index is 12.5. The highest BCUT2D eigenvalue weighted by atomic mass is 79.9. The summed E-state index contributed by atoms with van der Waals surface area (Å²) in [6, 6.07) is 13.6. The Balaban J connectivity index is 2.20. The zero-order valence-electron chi connectivity index (χ0n) is 11.7. The van der Waals surface area contributed by atoms with E-state index in [0.717, 1.165) is 10.8 Å². The Bertz CT molecular complexity index is 624. The van der Waals surface area contributed by atoms with Gasteiger partial charge in [0, 0.05) is 17.1 Å². The van der Waals surface area contributed by atoms with Crippen LogP contribution in [0.4, 0.5) is 0 Å². The van der Waals surface area contributed by atoms with Crippen LogP contribution in [-0.4, -0.2) is 46.5 Å². The fourth-order valence-electron chi connectivity index (χ4n) is 2.25. The summed E-state index contributed by atoms with van der Waals surface area (Å²) in [5, 5.41) is 20.5. The lowest BCUT2D eigenvalue weighted by molar-refractivity contribution is 0.102. The van der Waals surface area contributed by atoms with Crippen molar-refractivity contribution in [2.75, 3.05) is 30.5 Å². The molecule has 5 heteroatoms. The van der Waals surface area contributed by atoms with E-state index in [-0.39, 0.29) is 19.0 Å². The van der Waals surface area contributed by atoms with Gasteiger partial charge in [0.05, 0.1) is 19.0 Å². The van der Waals surface area contributed by atoms with Crippen molar-refractivity contribution < 1.29 is 15.0 Å². The molecule has 0 heterocycles. The summed E-state index contributed by atoms with van der Waals surface area (Å²) in [4.78, 5) is 12.5. The number of rotatable bonds is 7. The quantitative estimate of drug-likeness (QED) is 0.736. The molecule has 0 saturated heterocycles. The number of carbonyl (C=O) groups is 1. The predicted octanol–water partition coefficient (Wildman–Crippen LogP) is 3.12. The largest absolute Gasteiger partial charge is 0.396 e. The highest BCUT2D eigenvalue weighted by molar-refractivity contribution is 9.58. The van der Waals surface area contributed by atoms with Gasteiger partial charge in [0.1, 0.15) is 0 Å². The molecule has 2 aromatic rings. The van der Waals surface area contributed by atoms with E-state index in [1.807, 2.05) is 42.5 Å². The molecule has 0 unspecified atom stereocenters. The van der Waals surface area contributed by atoms with Gasteiger partial charge in [0.15, 0.2) is 5.78 Å². The number of Topliss-reactive ketones (excluding diaryl/α,β-unsaturated/α-hetero) is 1. The van der Waals surface area contributed by atoms with E-state index in [9.17, 15) is 4.79 Å². The third-order valence-electron chi connectivity index (χ3n) is 3.38. The van der Waals surface area contributed by atoms with Gasteiger partial charge in [-0.2, -0.15) is 8.46 Å². The molecule has 0 aromatic heterocycles. The van der Waals surface area contributed by atoms with Crippen molar-refractivity contribution in [3.05, 3.63) is 48.0 Å². The van der Waals surface area contributed by atoms with Gasteiger partial charge in [-0.1, -0.05) is 36.4 Å². The number of benzene rings is 2. The lowest BCUT2D eigenvalue weighted by atomic mass is 10.1. The molecule has 0 bridgehead atoms. The van der Waals surface area contributed by atoms with Gasteiger partial charge in [0.25, 0.3) is 0 Å². The first-order valence-corrected chi connectivity index (χ1v) is 10.8. The summed E-state index contributed by atoms with van der Waals surface area (Å²) in [7, 11) is -1.48. The normalized spacial score (nSPS) is 12.5. The number of carbonyl (C=O) groups excluding carboxylic acids is 1. The van der Waals surface area contributed by atoms with E-state index in [1.165, 1.54) is 0 Å². The Kier molecular flexibility index (Phi) is 5.81. The SMILES string of the molecule is O=C(CS(Br)(CCO)CCO)c1ccc2ccccc2c1. The Labute approximate surface area is 133 Å². The average molecular weight is 371 g/mol. The van der Waals surface area contributed by atoms with Gasteiger partial charge >= 0.3 is 0 Å². The van der Waals surface area contributed by atoms with Gasteiger partial charge in [0.2, 0.25) is 0 Å². The summed E-state index contributed by atoms with van der Waals surface area (Å²) in [6.07, 6.45) is 0. The van der Waals surface area contributed by atoms with E-state index >= 15 is 0 Å². The summed E-state index contributed by atoms with van der Waals surface area (Å²) in [6.45, 7) is 0.0389. The van der Waals surface area contributed by atoms with Crippen LogP contribution < -0.4 is 0 Å². The van der Waals surface area contributed by atoms with Crippen LogP contribution in [0.1, 0.15) is 10.4 Å². The van der Waals surface area contributed by atoms with Crippen molar-refractivity contribution in [2.45, 2.75) is 0 Å². The fourth-order valence-corrected chi connectivity index (χ4v) is 5.53. The minimum absolute atomic E-state index is 0.0194. The van der Waals surface area contributed by atoms with Gasteiger partial charge in [-0.15, -0.1) is 0 Å². The standard InChI is InChI=1S/C16H19BrO3S/c17-21(9-7-18,10-8-19)12-16(20)15-6-5-13-3-1-2-4-14(13)11-15/h1-6,11,18-19H,7-10,12H2. The topological polar surface area (TPSA) is 57.5 Å². The summed E-state index contributed by atoms with van der Waals surface area (Å²) < 4.78 is 0. The molecule has 0 amide bonds. The van der Waals surface area contributed by atoms with E-state index in [4.69, 9.17) is 10.2 Å². The smallest absolute Gasteiger partial charge is 0.172 e. The van der Waals surface area contributed by atoms with Gasteiger partial charge in [-0.25, -0.2) is 0 Å². The van der Waals surface area contributed by atoms with E-state index in [0.29, 0.717) is 22.8 Å². The van der Waals surface area contributed by atoms with Crippen LogP contribution in [0.3, 0.4) is 0 Å². The first-order chi connectivity index (χ1) is 10.1. The second-order valence-corrected chi connectivity index (χ2v) is 12.0. The fraction of sp³-hybridized carbons (Fsp3) is 0.312. The molecule has 0 aliphatic heterocycles. The molecule has 3 nitrogen and oxygen atoms in total. The number of aliphatic hydroxyl groups excluding tert-OH is 2. The number of fused-ring (bicyclic) bond motifs is 1. The van der Waals surface area contributed by atoms with Crippen molar-refractivity contribution in [1.82, 2.24) is 0 Å². The molecule has 2 N–H and O–H groups in total. The van der Waals surface area contributed by atoms with E-state index < -0.39 is 8.46 Å². The third kappa shape index (κ3) is 4.30. The van der Waals surface area contributed by atoms with Gasteiger partial charge < -0.3 is 10.2 Å². The third-order valence-corrected chi connectivity index (χ3v) is 8.61. The van der Waals surface area contributed by atoms with Crippen molar-refractivity contribution in [3.8, 4) is 0 Å². The number of hydrogen-bond acceptors (Lipinski definition) is 3. The van der Waals surface area contributed by atoms with Crippen LogP contribution in [-0.2, 0) is 0 Å². The Morgan fingerprint density at radius 2 is 1.62 bits per heavy atom. The summed E-state index contributed by atoms with van der Waals surface area (Å²) in [5.41, 5.74) is 0.681. The highest BCUT2D eigenvalue weighted by Crippen LogP contribution is 2.55. The zero-order chi connectivity index (χ0) is 15.3. The molecule has 0 fully saturated rings. The van der Waals surface area contributed by atoms with E-state index in [1.54, 1.807) is 0 Å². The van der Waals surface area contributed by atoms with Crippen molar-refractivity contribution in [2.24, 2.45) is 0 Å².